The Balaban J connectivity index is 2.29. The van der Waals surface area contributed by atoms with E-state index in [9.17, 15) is 12.3 Å². The SMILES string of the molecule is O=S(=O)(F)c1cccc(Sc2ccccc2)c1. The molecule has 88 valence electrons. The zero-order valence-electron chi connectivity index (χ0n) is 8.71. The molecule has 0 amide bonds. The van der Waals surface area contributed by atoms with Gasteiger partial charge in [0.25, 0.3) is 0 Å². The summed E-state index contributed by atoms with van der Waals surface area (Å²) in [5.74, 6) is 0. The Morgan fingerprint density at radius 3 is 2.18 bits per heavy atom. The van der Waals surface area contributed by atoms with Crippen molar-refractivity contribution in [2.24, 2.45) is 0 Å². The Morgan fingerprint density at radius 1 is 0.882 bits per heavy atom. The van der Waals surface area contributed by atoms with Crippen molar-refractivity contribution in [2.45, 2.75) is 14.7 Å². The van der Waals surface area contributed by atoms with Gasteiger partial charge in [0.2, 0.25) is 0 Å². The van der Waals surface area contributed by atoms with Crippen LogP contribution in [0.5, 0.6) is 0 Å². The molecule has 0 atom stereocenters. The number of benzene rings is 2. The average Bonchev–Trinajstić information content (AvgIpc) is 2.29. The van der Waals surface area contributed by atoms with Crippen LogP contribution in [0.15, 0.2) is 69.3 Å². The van der Waals surface area contributed by atoms with Gasteiger partial charge in [0.15, 0.2) is 0 Å². The highest BCUT2D eigenvalue weighted by Crippen LogP contribution is 2.29. The monoisotopic (exact) mass is 268 g/mol. The van der Waals surface area contributed by atoms with Crippen molar-refractivity contribution >= 4 is 22.0 Å². The first kappa shape index (κ1) is 12.1. The lowest BCUT2D eigenvalue weighted by Crippen LogP contribution is -1.91. The Morgan fingerprint density at radius 2 is 1.53 bits per heavy atom. The van der Waals surface area contributed by atoms with Gasteiger partial charge in [-0.3, -0.25) is 0 Å². The van der Waals surface area contributed by atoms with Gasteiger partial charge in [-0.2, -0.15) is 8.42 Å². The first-order valence-corrected chi connectivity index (χ1v) is 7.03. The fraction of sp³-hybridized carbons (Fsp3) is 0. The van der Waals surface area contributed by atoms with Crippen LogP contribution in [0.4, 0.5) is 3.89 Å². The van der Waals surface area contributed by atoms with E-state index in [4.69, 9.17) is 0 Å². The Bertz CT molecular complexity index is 609. The molecule has 0 N–H and O–H groups in total. The molecule has 0 unspecified atom stereocenters. The molecule has 0 heterocycles. The highest BCUT2D eigenvalue weighted by Gasteiger charge is 2.11. The molecule has 0 bridgehead atoms. The lowest BCUT2D eigenvalue weighted by atomic mass is 10.4. The van der Waals surface area contributed by atoms with E-state index >= 15 is 0 Å². The summed E-state index contributed by atoms with van der Waals surface area (Å²) in [6, 6.07) is 15.3. The molecule has 0 spiro atoms. The highest BCUT2D eigenvalue weighted by molar-refractivity contribution is 7.99. The molecule has 2 aromatic carbocycles. The molecular weight excluding hydrogens is 259 g/mol. The van der Waals surface area contributed by atoms with Crippen LogP contribution in [0.25, 0.3) is 0 Å². The predicted octanol–water partition coefficient (Wildman–Crippen LogP) is 3.50. The minimum absolute atomic E-state index is 0.307. The third-order valence-corrected chi connectivity index (χ3v) is 3.88. The molecule has 0 aliphatic heterocycles. The van der Waals surface area contributed by atoms with Crippen LogP contribution < -0.4 is 0 Å². The number of halogens is 1. The molecule has 17 heavy (non-hydrogen) atoms. The van der Waals surface area contributed by atoms with E-state index in [1.54, 1.807) is 6.07 Å². The topological polar surface area (TPSA) is 34.1 Å². The first-order valence-electron chi connectivity index (χ1n) is 4.83. The van der Waals surface area contributed by atoms with Gasteiger partial charge in [-0.15, -0.1) is 3.89 Å². The van der Waals surface area contributed by atoms with Crippen molar-refractivity contribution in [3.63, 3.8) is 0 Å². The molecule has 5 heteroatoms. The smallest absolute Gasteiger partial charge is 0.189 e. The van der Waals surface area contributed by atoms with Crippen molar-refractivity contribution < 1.29 is 12.3 Å². The average molecular weight is 268 g/mol. The molecule has 2 nitrogen and oxygen atoms in total. The van der Waals surface area contributed by atoms with Crippen LogP contribution in [0.3, 0.4) is 0 Å². The van der Waals surface area contributed by atoms with Crippen molar-refractivity contribution in [1.82, 2.24) is 0 Å². The third kappa shape index (κ3) is 3.31. The van der Waals surface area contributed by atoms with Gasteiger partial charge in [0.05, 0.1) is 4.90 Å². The molecule has 0 radical (unpaired) electrons. The molecule has 2 rings (SSSR count). The van der Waals surface area contributed by atoms with E-state index in [1.165, 1.54) is 30.0 Å². The van der Waals surface area contributed by atoms with Crippen molar-refractivity contribution in [3.05, 3.63) is 54.6 Å². The van der Waals surface area contributed by atoms with Crippen LogP contribution in [0.1, 0.15) is 0 Å². The van der Waals surface area contributed by atoms with E-state index < -0.39 is 10.2 Å². The van der Waals surface area contributed by atoms with Gasteiger partial charge < -0.3 is 0 Å². The molecule has 0 aliphatic carbocycles. The van der Waals surface area contributed by atoms with E-state index in [2.05, 4.69) is 0 Å². The molecule has 0 saturated carbocycles. The predicted molar refractivity (Wildman–Crippen MR) is 65.3 cm³/mol. The van der Waals surface area contributed by atoms with Crippen LogP contribution in [-0.2, 0) is 10.2 Å². The fourth-order valence-corrected chi connectivity index (χ4v) is 2.80. The van der Waals surface area contributed by atoms with E-state index in [0.29, 0.717) is 4.90 Å². The summed E-state index contributed by atoms with van der Waals surface area (Å²) >= 11 is 1.39. The van der Waals surface area contributed by atoms with Gasteiger partial charge in [-0.1, -0.05) is 36.0 Å². The second kappa shape index (κ2) is 4.89. The summed E-state index contributed by atoms with van der Waals surface area (Å²) in [5.41, 5.74) is 0. The Kier molecular flexibility index (Phi) is 3.49. The van der Waals surface area contributed by atoms with Gasteiger partial charge in [-0.05, 0) is 30.3 Å². The minimum Gasteiger partial charge on any atom is -0.189 e. The van der Waals surface area contributed by atoms with Crippen LogP contribution >= 0.6 is 11.8 Å². The summed E-state index contributed by atoms with van der Waals surface area (Å²) < 4.78 is 34.3. The maximum Gasteiger partial charge on any atom is 0.332 e. The lowest BCUT2D eigenvalue weighted by molar-refractivity contribution is 0.552. The van der Waals surface area contributed by atoms with Crippen molar-refractivity contribution in [3.8, 4) is 0 Å². The normalized spacial score (nSPS) is 11.4. The summed E-state index contributed by atoms with van der Waals surface area (Å²) in [4.78, 5) is 1.36. The van der Waals surface area contributed by atoms with Gasteiger partial charge in [0, 0.05) is 9.79 Å². The Labute approximate surface area is 104 Å². The minimum atomic E-state index is -4.63. The van der Waals surface area contributed by atoms with Crippen molar-refractivity contribution in [2.75, 3.05) is 0 Å². The summed E-state index contributed by atoms with van der Waals surface area (Å²) in [5, 5.41) is 0. The number of rotatable bonds is 3. The largest absolute Gasteiger partial charge is 0.332 e. The second-order valence-electron chi connectivity index (χ2n) is 3.33. The van der Waals surface area contributed by atoms with E-state index in [0.717, 1.165) is 4.90 Å². The van der Waals surface area contributed by atoms with Crippen molar-refractivity contribution in [1.29, 1.82) is 0 Å². The number of hydrogen-bond acceptors (Lipinski definition) is 3. The van der Waals surface area contributed by atoms with Crippen LogP contribution in [0.2, 0.25) is 0 Å². The standard InChI is InChI=1S/C12H9FO2S2/c13-17(14,15)12-8-4-7-11(9-12)16-10-5-2-1-3-6-10/h1-9H. The lowest BCUT2D eigenvalue weighted by Gasteiger charge is -2.02. The second-order valence-corrected chi connectivity index (χ2v) is 5.82. The maximum atomic E-state index is 12.8. The van der Waals surface area contributed by atoms with E-state index in [-0.39, 0.29) is 4.90 Å². The molecule has 0 fully saturated rings. The fourth-order valence-electron chi connectivity index (χ4n) is 1.31. The van der Waals surface area contributed by atoms with E-state index in [1.807, 2.05) is 30.3 Å². The molecule has 0 aliphatic rings. The number of hydrogen-bond donors (Lipinski definition) is 0. The zero-order chi connectivity index (χ0) is 12.3. The van der Waals surface area contributed by atoms with Crippen LogP contribution in [0, 0.1) is 0 Å². The molecular formula is C12H9FO2S2. The Hall–Kier alpha value is -1.33. The third-order valence-electron chi connectivity index (χ3n) is 2.07. The summed E-state index contributed by atoms with van der Waals surface area (Å²) in [7, 11) is -4.63. The van der Waals surface area contributed by atoms with Gasteiger partial charge in [0.1, 0.15) is 0 Å². The highest BCUT2D eigenvalue weighted by atomic mass is 32.3. The van der Waals surface area contributed by atoms with Crippen LogP contribution in [-0.4, -0.2) is 8.42 Å². The van der Waals surface area contributed by atoms with Gasteiger partial charge in [-0.25, -0.2) is 0 Å². The maximum absolute atomic E-state index is 12.8. The zero-order valence-corrected chi connectivity index (χ0v) is 10.3. The first-order chi connectivity index (χ1) is 8.05. The van der Waals surface area contributed by atoms with Gasteiger partial charge >= 0.3 is 10.2 Å². The summed E-state index contributed by atoms with van der Waals surface area (Å²) in [6.07, 6.45) is 0. The summed E-state index contributed by atoms with van der Waals surface area (Å²) in [6.45, 7) is 0. The quantitative estimate of drug-likeness (QED) is 0.799. The molecule has 0 aromatic heterocycles. The molecule has 0 saturated heterocycles. The molecule has 2 aromatic rings.